The minimum atomic E-state index is -0.229. The van der Waals surface area contributed by atoms with Crippen molar-refractivity contribution in [3.05, 3.63) is 48.0 Å². The Morgan fingerprint density at radius 1 is 1.35 bits per heavy atom. The molecule has 1 aromatic carbocycles. The lowest BCUT2D eigenvalue weighted by molar-refractivity contribution is 0.624. The number of anilines is 1. The van der Waals surface area contributed by atoms with Crippen LogP contribution in [0.5, 0.6) is 0 Å². The first-order valence-electron chi connectivity index (χ1n) is 6.53. The summed E-state index contributed by atoms with van der Waals surface area (Å²) in [6.07, 6.45) is 5.98. The monoisotopic (exact) mass is 290 g/mol. The van der Waals surface area contributed by atoms with Crippen LogP contribution in [-0.4, -0.2) is 20.9 Å². The second-order valence-corrected chi connectivity index (χ2v) is 5.33. The van der Waals surface area contributed by atoms with Gasteiger partial charge >= 0.3 is 0 Å². The van der Waals surface area contributed by atoms with Crippen molar-refractivity contribution >= 4 is 23.0 Å². The van der Waals surface area contributed by atoms with Gasteiger partial charge in [0.25, 0.3) is 0 Å². The highest BCUT2D eigenvalue weighted by molar-refractivity contribution is 7.80. The van der Waals surface area contributed by atoms with Crippen molar-refractivity contribution in [1.29, 1.82) is 0 Å². The highest BCUT2D eigenvalue weighted by Gasteiger charge is 2.21. The molecule has 1 aliphatic rings. The summed E-state index contributed by atoms with van der Waals surface area (Å²) in [5, 5.41) is 11.2. The molecular weight excluding hydrogens is 275 g/mol. The zero-order valence-corrected chi connectivity index (χ0v) is 11.7. The highest BCUT2D eigenvalue weighted by atomic mass is 32.1. The summed E-state index contributed by atoms with van der Waals surface area (Å²) in [6.45, 7) is 0.602. The molecule has 1 fully saturated rings. The average molecular weight is 290 g/mol. The van der Waals surface area contributed by atoms with Gasteiger partial charge in [-0.1, -0.05) is 12.1 Å². The SMILES string of the molecule is Fc1ccc(Cn2cc(NC(=S)NC3CC3)cn2)cc1. The van der Waals surface area contributed by atoms with E-state index < -0.39 is 0 Å². The van der Waals surface area contributed by atoms with Gasteiger partial charge in [0, 0.05) is 12.2 Å². The first-order valence-corrected chi connectivity index (χ1v) is 6.94. The molecule has 1 heterocycles. The summed E-state index contributed by atoms with van der Waals surface area (Å²) >= 11 is 5.20. The van der Waals surface area contributed by atoms with Gasteiger partial charge in [-0.25, -0.2) is 4.39 Å². The number of nitrogens with zero attached hydrogens (tertiary/aromatic N) is 2. The number of aromatic nitrogens is 2. The third kappa shape index (κ3) is 3.54. The Labute approximate surface area is 122 Å². The van der Waals surface area contributed by atoms with Crippen LogP contribution in [0.1, 0.15) is 18.4 Å². The molecule has 0 bridgehead atoms. The minimum Gasteiger partial charge on any atom is -0.360 e. The summed E-state index contributed by atoms with van der Waals surface area (Å²) in [4.78, 5) is 0. The maximum atomic E-state index is 12.8. The van der Waals surface area contributed by atoms with Crippen LogP contribution >= 0.6 is 12.2 Å². The van der Waals surface area contributed by atoms with Crippen molar-refractivity contribution in [2.24, 2.45) is 0 Å². The molecule has 3 rings (SSSR count). The van der Waals surface area contributed by atoms with E-state index in [9.17, 15) is 4.39 Å². The first kappa shape index (κ1) is 13.1. The van der Waals surface area contributed by atoms with Gasteiger partial charge in [-0.05, 0) is 42.8 Å². The zero-order valence-electron chi connectivity index (χ0n) is 10.8. The number of halogens is 1. The largest absolute Gasteiger partial charge is 0.360 e. The Morgan fingerprint density at radius 2 is 2.10 bits per heavy atom. The zero-order chi connectivity index (χ0) is 13.9. The molecular formula is C14H15FN4S. The van der Waals surface area contributed by atoms with Crippen molar-refractivity contribution in [1.82, 2.24) is 15.1 Å². The highest BCUT2D eigenvalue weighted by Crippen LogP contribution is 2.18. The van der Waals surface area contributed by atoms with E-state index in [4.69, 9.17) is 12.2 Å². The van der Waals surface area contributed by atoms with Crippen LogP contribution in [0.2, 0.25) is 0 Å². The van der Waals surface area contributed by atoms with Crippen molar-refractivity contribution in [3.8, 4) is 0 Å². The summed E-state index contributed by atoms with van der Waals surface area (Å²) in [6, 6.07) is 6.94. The van der Waals surface area contributed by atoms with Gasteiger partial charge in [0.2, 0.25) is 0 Å². The summed E-state index contributed by atoms with van der Waals surface area (Å²) < 4.78 is 14.6. The number of thiocarbonyl (C=S) groups is 1. The molecule has 2 N–H and O–H groups in total. The molecule has 0 spiro atoms. The Balaban J connectivity index is 1.58. The van der Waals surface area contributed by atoms with Crippen LogP contribution in [0.25, 0.3) is 0 Å². The smallest absolute Gasteiger partial charge is 0.171 e. The number of hydrogen-bond acceptors (Lipinski definition) is 2. The van der Waals surface area contributed by atoms with Crippen molar-refractivity contribution in [2.45, 2.75) is 25.4 Å². The maximum absolute atomic E-state index is 12.8. The molecule has 1 aliphatic carbocycles. The summed E-state index contributed by atoms with van der Waals surface area (Å²) in [7, 11) is 0. The van der Waals surface area contributed by atoms with Crippen LogP contribution < -0.4 is 10.6 Å². The van der Waals surface area contributed by atoms with Crippen LogP contribution in [0.3, 0.4) is 0 Å². The van der Waals surface area contributed by atoms with Crippen molar-refractivity contribution < 1.29 is 4.39 Å². The molecule has 20 heavy (non-hydrogen) atoms. The van der Waals surface area contributed by atoms with E-state index in [1.165, 1.54) is 25.0 Å². The second-order valence-electron chi connectivity index (χ2n) is 4.93. The fourth-order valence-electron chi connectivity index (χ4n) is 1.87. The van der Waals surface area contributed by atoms with Gasteiger partial charge in [0.15, 0.2) is 5.11 Å². The quantitative estimate of drug-likeness (QED) is 0.849. The standard InChI is InChI=1S/C14H15FN4S/c15-11-3-1-10(2-4-11)8-19-9-13(7-16-19)18-14(20)17-12-5-6-12/h1-4,7,9,12H,5-6,8H2,(H2,17,18,20). The van der Waals surface area contributed by atoms with Gasteiger partial charge in [0.05, 0.1) is 18.4 Å². The molecule has 4 nitrogen and oxygen atoms in total. The van der Waals surface area contributed by atoms with E-state index in [1.54, 1.807) is 23.0 Å². The van der Waals surface area contributed by atoms with Gasteiger partial charge in [0.1, 0.15) is 5.82 Å². The molecule has 2 aromatic rings. The lowest BCUT2D eigenvalue weighted by Gasteiger charge is -2.06. The Bertz CT molecular complexity index is 604. The van der Waals surface area contributed by atoms with Gasteiger partial charge in [-0.2, -0.15) is 5.10 Å². The Hall–Kier alpha value is -1.95. The second kappa shape index (κ2) is 5.58. The average Bonchev–Trinajstić information content (AvgIpc) is 3.12. The van der Waals surface area contributed by atoms with Gasteiger partial charge in [-0.15, -0.1) is 0 Å². The molecule has 6 heteroatoms. The van der Waals surface area contributed by atoms with Crippen molar-refractivity contribution in [2.75, 3.05) is 5.32 Å². The molecule has 0 atom stereocenters. The molecule has 1 aromatic heterocycles. The van der Waals surface area contributed by atoms with Crippen LogP contribution in [0.4, 0.5) is 10.1 Å². The van der Waals surface area contributed by atoms with E-state index in [-0.39, 0.29) is 5.82 Å². The van der Waals surface area contributed by atoms with E-state index >= 15 is 0 Å². The first-order chi connectivity index (χ1) is 9.69. The predicted octanol–water partition coefficient (Wildman–Crippen LogP) is 2.52. The molecule has 0 saturated heterocycles. The predicted molar refractivity (Wildman–Crippen MR) is 80.1 cm³/mol. The number of benzene rings is 1. The molecule has 104 valence electrons. The Morgan fingerprint density at radius 3 is 2.80 bits per heavy atom. The van der Waals surface area contributed by atoms with Gasteiger partial charge < -0.3 is 10.6 Å². The number of rotatable bonds is 4. The number of nitrogens with one attached hydrogen (secondary N) is 2. The molecule has 0 unspecified atom stereocenters. The molecule has 0 aliphatic heterocycles. The van der Waals surface area contributed by atoms with Crippen LogP contribution in [0.15, 0.2) is 36.7 Å². The van der Waals surface area contributed by atoms with E-state index in [0.717, 1.165) is 11.3 Å². The normalized spacial score (nSPS) is 14.1. The maximum Gasteiger partial charge on any atom is 0.171 e. The minimum absolute atomic E-state index is 0.229. The fourth-order valence-corrected chi connectivity index (χ4v) is 2.16. The molecule has 0 radical (unpaired) electrons. The lowest BCUT2D eigenvalue weighted by atomic mass is 10.2. The third-order valence-corrected chi connectivity index (χ3v) is 3.28. The summed E-state index contributed by atoms with van der Waals surface area (Å²) in [5.74, 6) is -0.229. The molecule has 0 amide bonds. The third-order valence-electron chi connectivity index (χ3n) is 3.06. The van der Waals surface area contributed by atoms with Crippen LogP contribution in [-0.2, 0) is 6.54 Å². The Kier molecular flexibility index (Phi) is 3.64. The van der Waals surface area contributed by atoms with Crippen LogP contribution in [0, 0.1) is 5.82 Å². The van der Waals surface area contributed by atoms with E-state index in [2.05, 4.69) is 15.7 Å². The van der Waals surface area contributed by atoms with E-state index in [1.807, 2.05) is 6.20 Å². The lowest BCUT2D eigenvalue weighted by Crippen LogP contribution is -2.29. The fraction of sp³-hybridized carbons (Fsp3) is 0.286. The summed E-state index contributed by atoms with van der Waals surface area (Å²) in [5.41, 5.74) is 1.85. The topological polar surface area (TPSA) is 41.9 Å². The molecule has 1 saturated carbocycles. The number of hydrogen-bond donors (Lipinski definition) is 2. The van der Waals surface area contributed by atoms with Crippen molar-refractivity contribution in [3.63, 3.8) is 0 Å². The van der Waals surface area contributed by atoms with Gasteiger partial charge in [-0.3, -0.25) is 4.68 Å². The van der Waals surface area contributed by atoms with E-state index in [0.29, 0.717) is 17.7 Å².